The van der Waals surface area contributed by atoms with Crippen molar-refractivity contribution in [1.29, 1.82) is 0 Å². The van der Waals surface area contributed by atoms with Crippen LogP contribution in [-0.2, 0) is 9.47 Å². The Labute approximate surface area is 259 Å². The number of nitrogens with zero attached hydrogens (tertiary/aromatic N) is 4. The van der Waals surface area contributed by atoms with Crippen LogP contribution in [0.1, 0.15) is 40.0 Å². The van der Waals surface area contributed by atoms with Gasteiger partial charge in [-0.3, -0.25) is 20.2 Å². The SMILES string of the molecule is C=CNC(NC(/N=C(/CCC1OCCCO1)C(C=C)C(C)C)N1CCN(O)C1)SC/C=N/C1C=C(C)C=CC=P1.CN. The summed E-state index contributed by atoms with van der Waals surface area (Å²) in [6.45, 7) is 17.6. The van der Waals surface area contributed by atoms with E-state index in [1.54, 1.807) is 18.0 Å². The van der Waals surface area contributed by atoms with E-state index in [1.165, 1.54) is 25.9 Å². The van der Waals surface area contributed by atoms with Gasteiger partial charge in [-0.15, -0.1) is 18.3 Å². The number of ether oxygens (including phenoxy) is 2. The molecule has 3 aliphatic rings. The van der Waals surface area contributed by atoms with Crippen LogP contribution in [0, 0.1) is 11.8 Å². The van der Waals surface area contributed by atoms with Crippen molar-refractivity contribution in [3.63, 3.8) is 0 Å². The summed E-state index contributed by atoms with van der Waals surface area (Å²) in [5.74, 6) is 3.45. The fourth-order valence-corrected chi connectivity index (χ4v) is 6.31. The average molecular weight is 622 g/mol. The van der Waals surface area contributed by atoms with E-state index in [9.17, 15) is 5.21 Å². The summed E-state index contributed by atoms with van der Waals surface area (Å²) < 4.78 is 11.6. The minimum atomic E-state index is -0.352. The van der Waals surface area contributed by atoms with Crippen molar-refractivity contribution < 1.29 is 14.7 Å². The molecule has 3 aliphatic heterocycles. The molecule has 0 aromatic heterocycles. The Morgan fingerprint density at radius 2 is 2.05 bits per heavy atom. The lowest BCUT2D eigenvalue weighted by molar-refractivity contribution is -0.180. The Balaban J connectivity index is 0.00000301. The molecule has 0 bridgehead atoms. The van der Waals surface area contributed by atoms with Crippen LogP contribution in [0.3, 0.4) is 0 Å². The molecule has 0 saturated carbocycles. The lowest BCUT2D eigenvalue weighted by Gasteiger charge is -2.32. The predicted octanol–water partition coefficient (Wildman–Crippen LogP) is 4.25. The topological polar surface area (TPSA) is 120 Å². The van der Waals surface area contributed by atoms with E-state index in [1.807, 2.05) is 12.3 Å². The monoisotopic (exact) mass is 621 g/mol. The highest BCUT2D eigenvalue weighted by atomic mass is 32.2. The van der Waals surface area contributed by atoms with Gasteiger partial charge in [-0.05, 0) is 50.8 Å². The Morgan fingerprint density at radius 3 is 2.69 bits per heavy atom. The third-order valence-electron chi connectivity index (χ3n) is 6.77. The largest absolute Gasteiger partial charge is 0.368 e. The summed E-state index contributed by atoms with van der Waals surface area (Å²) in [6, 6.07) is 0. The smallest absolute Gasteiger partial charge is 0.159 e. The molecule has 42 heavy (non-hydrogen) atoms. The molecule has 5 N–H and O–H groups in total. The number of hydrogen-bond donors (Lipinski definition) is 4. The molecule has 0 radical (unpaired) electrons. The van der Waals surface area contributed by atoms with Gasteiger partial charge in [0, 0.05) is 43.1 Å². The maximum Gasteiger partial charge on any atom is 0.159 e. The molecule has 2 fully saturated rings. The number of aliphatic imine (C=N–C) groups is 2. The van der Waals surface area contributed by atoms with Gasteiger partial charge in [0.05, 0.1) is 19.9 Å². The van der Waals surface area contributed by atoms with Crippen molar-refractivity contribution >= 4 is 37.7 Å². The van der Waals surface area contributed by atoms with Gasteiger partial charge in [0.2, 0.25) is 0 Å². The minimum absolute atomic E-state index is 0.118. The minimum Gasteiger partial charge on any atom is -0.368 e. The van der Waals surface area contributed by atoms with Crippen LogP contribution in [-0.4, -0.2) is 103 Å². The van der Waals surface area contributed by atoms with Crippen molar-refractivity contribution in [2.24, 2.45) is 27.6 Å². The Kier molecular flexibility index (Phi) is 18.4. The molecule has 12 heteroatoms. The van der Waals surface area contributed by atoms with Gasteiger partial charge in [-0.2, -0.15) is 5.06 Å². The molecule has 2 saturated heterocycles. The first-order valence-electron chi connectivity index (χ1n) is 14.7. The maximum absolute atomic E-state index is 10.2. The molecule has 0 aromatic rings. The Bertz CT molecular complexity index is 953. The number of allylic oxidation sites excluding steroid dienone is 4. The molecule has 0 amide bonds. The highest BCUT2D eigenvalue weighted by Crippen LogP contribution is 2.22. The van der Waals surface area contributed by atoms with Crippen LogP contribution in [0.5, 0.6) is 0 Å². The van der Waals surface area contributed by atoms with Gasteiger partial charge in [0.15, 0.2) is 12.6 Å². The molecule has 4 atom stereocenters. The predicted molar refractivity (Wildman–Crippen MR) is 180 cm³/mol. The quantitative estimate of drug-likeness (QED) is 0.0868. The summed E-state index contributed by atoms with van der Waals surface area (Å²) >= 11 is 1.69. The van der Waals surface area contributed by atoms with E-state index in [-0.39, 0.29) is 29.8 Å². The number of hydrogen-bond acceptors (Lipinski definition) is 11. The average Bonchev–Trinajstić information content (AvgIpc) is 3.31. The molecule has 0 spiro atoms. The maximum atomic E-state index is 10.2. The second-order valence-corrected chi connectivity index (χ2v) is 12.6. The first kappa shape index (κ1) is 36.5. The molecule has 0 aromatic carbocycles. The second kappa shape index (κ2) is 21.1. The third-order valence-corrected chi connectivity index (χ3v) is 8.65. The fourth-order valence-electron chi connectivity index (χ4n) is 4.68. The Hall–Kier alpha value is -1.66. The summed E-state index contributed by atoms with van der Waals surface area (Å²) in [6.07, 6.45) is 13.9. The number of hydroxylamine groups is 2. The van der Waals surface area contributed by atoms with Crippen LogP contribution in [0.4, 0.5) is 0 Å². The van der Waals surface area contributed by atoms with E-state index >= 15 is 0 Å². The molecule has 236 valence electrons. The summed E-state index contributed by atoms with van der Waals surface area (Å²) in [5, 5.41) is 18.5. The molecular formula is C30H52N7O3PS. The van der Waals surface area contributed by atoms with Crippen molar-refractivity contribution in [2.75, 3.05) is 45.8 Å². The van der Waals surface area contributed by atoms with Crippen molar-refractivity contribution in [3.8, 4) is 0 Å². The first-order valence-corrected chi connectivity index (χ1v) is 16.8. The zero-order valence-corrected chi connectivity index (χ0v) is 27.5. The highest BCUT2D eigenvalue weighted by Gasteiger charge is 2.29. The molecule has 0 aliphatic carbocycles. The van der Waals surface area contributed by atoms with Crippen molar-refractivity contribution in [2.45, 2.75) is 63.9 Å². The van der Waals surface area contributed by atoms with E-state index < -0.39 is 0 Å². The first-order chi connectivity index (χ1) is 20.4. The number of rotatable bonds is 16. The lowest BCUT2D eigenvalue weighted by atomic mass is 9.88. The van der Waals surface area contributed by atoms with Crippen LogP contribution >= 0.6 is 20.0 Å². The van der Waals surface area contributed by atoms with Gasteiger partial charge in [0.1, 0.15) is 11.3 Å². The van der Waals surface area contributed by atoms with Crippen molar-refractivity contribution in [3.05, 3.63) is 49.2 Å². The van der Waals surface area contributed by atoms with Crippen LogP contribution in [0.15, 0.2) is 59.2 Å². The van der Waals surface area contributed by atoms with Gasteiger partial charge in [-0.25, -0.2) is 0 Å². The zero-order chi connectivity index (χ0) is 30.7. The molecule has 3 rings (SSSR count). The zero-order valence-electron chi connectivity index (χ0n) is 25.8. The summed E-state index contributed by atoms with van der Waals surface area (Å²) in [4.78, 5) is 12.2. The standard InChI is InChI=1S/C29H47N6O3PS.CH5N/c1-6-24(22(3)4)25(11-12-27-37-16-9-17-38-27)32-28(34-14-15-35(36)21-34)33-29(30-7-2)40-19-13-31-26-20-23(5)10-8-18-39-26;1-2/h6-8,10,13,18,20,22,24,26-30,33,36H,1-2,9,11-12,14-17,19,21H2,3-5H3;2H2,1H3/b31-13+,32-25-;. The van der Waals surface area contributed by atoms with E-state index in [2.05, 4.69) is 79.2 Å². The van der Waals surface area contributed by atoms with E-state index in [4.69, 9.17) is 19.5 Å². The van der Waals surface area contributed by atoms with Crippen LogP contribution in [0.2, 0.25) is 0 Å². The van der Waals surface area contributed by atoms with Crippen molar-refractivity contribution in [1.82, 2.24) is 20.6 Å². The normalized spacial score (nSPS) is 23.2. The summed E-state index contributed by atoms with van der Waals surface area (Å²) in [7, 11) is 2.67. The van der Waals surface area contributed by atoms with Gasteiger partial charge in [-0.1, -0.05) is 52.4 Å². The van der Waals surface area contributed by atoms with E-state index in [0.717, 1.165) is 43.9 Å². The fraction of sp³-hybridized carbons (Fsp3) is 0.633. The van der Waals surface area contributed by atoms with E-state index in [0.29, 0.717) is 25.7 Å². The second-order valence-electron chi connectivity index (χ2n) is 10.3. The highest BCUT2D eigenvalue weighted by molar-refractivity contribution is 8.00. The van der Waals surface area contributed by atoms with Gasteiger partial charge >= 0.3 is 0 Å². The molecule has 10 nitrogen and oxygen atoms in total. The number of thioether (sulfide) groups is 1. The number of nitrogens with two attached hydrogens (primary N) is 1. The number of nitrogens with one attached hydrogen (secondary N) is 2. The summed E-state index contributed by atoms with van der Waals surface area (Å²) in [5.41, 5.74) is 6.62. The molecular weight excluding hydrogens is 569 g/mol. The van der Waals surface area contributed by atoms with Crippen LogP contribution in [0.25, 0.3) is 0 Å². The van der Waals surface area contributed by atoms with Gasteiger partial charge < -0.3 is 25.7 Å². The molecule has 4 unspecified atom stereocenters. The third kappa shape index (κ3) is 13.3. The molecule has 3 heterocycles. The Morgan fingerprint density at radius 1 is 1.29 bits per heavy atom. The van der Waals surface area contributed by atoms with Crippen LogP contribution < -0.4 is 16.4 Å². The lowest BCUT2D eigenvalue weighted by Crippen LogP contribution is -2.51. The van der Waals surface area contributed by atoms with Gasteiger partial charge in [0.25, 0.3) is 0 Å².